The molecule has 0 saturated carbocycles. The van der Waals surface area contributed by atoms with Gasteiger partial charge in [0.25, 0.3) is 5.56 Å². The molecular weight excluding hydrogens is 284 g/mol. The Balaban J connectivity index is 2.65. The van der Waals surface area contributed by atoms with Crippen LogP contribution in [0.15, 0.2) is 29.1 Å². The number of hydrogen-bond acceptors (Lipinski definition) is 5. The highest BCUT2D eigenvalue weighted by molar-refractivity contribution is 7.90. The van der Waals surface area contributed by atoms with Crippen molar-refractivity contribution in [2.75, 3.05) is 12.0 Å². The Hall–Kier alpha value is -2.22. The smallest absolute Gasteiger partial charge is 0.357 e. The van der Waals surface area contributed by atoms with Crippen LogP contribution in [-0.4, -0.2) is 41.3 Å². The minimum atomic E-state index is -3.27. The molecule has 7 nitrogen and oxygen atoms in total. The number of aromatic carboxylic acids is 1. The van der Waals surface area contributed by atoms with Crippen LogP contribution in [0.4, 0.5) is 0 Å². The van der Waals surface area contributed by atoms with E-state index in [1.807, 2.05) is 0 Å². The highest BCUT2D eigenvalue weighted by Crippen LogP contribution is 2.13. The number of carbonyl (C=O) groups is 1. The highest BCUT2D eigenvalue weighted by atomic mass is 32.2. The van der Waals surface area contributed by atoms with Crippen molar-refractivity contribution in [1.82, 2.24) is 9.78 Å². The van der Waals surface area contributed by atoms with E-state index in [0.29, 0.717) is 0 Å². The van der Waals surface area contributed by atoms with Crippen molar-refractivity contribution in [3.63, 3.8) is 0 Å². The Morgan fingerprint density at radius 2 is 1.90 bits per heavy atom. The van der Waals surface area contributed by atoms with Crippen LogP contribution in [-0.2, 0) is 16.4 Å². The molecule has 0 aliphatic rings. The Bertz CT molecular complexity index is 839. The third-order valence-corrected chi connectivity index (χ3v) is 3.67. The molecule has 0 aliphatic heterocycles. The van der Waals surface area contributed by atoms with Crippen LogP contribution in [0.25, 0.3) is 10.8 Å². The molecule has 20 heavy (non-hydrogen) atoms. The predicted molar refractivity (Wildman–Crippen MR) is 72.7 cm³/mol. The van der Waals surface area contributed by atoms with Crippen LogP contribution in [0.2, 0.25) is 0 Å². The summed E-state index contributed by atoms with van der Waals surface area (Å²) < 4.78 is 23.2. The normalized spacial score (nSPS) is 11.7. The number of aromatic nitrogens is 2. The second kappa shape index (κ2) is 5.04. The first kappa shape index (κ1) is 14.2. The summed E-state index contributed by atoms with van der Waals surface area (Å²) in [5.74, 6) is -1.55. The van der Waals surface area contributed by atoms with Crippen molar-refractivity contribution in [2.45, 2.75) is 6.54 Å². The molecule has 1 aromatic heterocycles. The van der Waals surface area contributed by atoms with Crippen molar-refractivity contribution in [2.24, 2.45) is 0 Å². The van der Waals surface area contributed by atoms with Gasteiger partial charge in [-0.1, -0.05) is 18.2 Å². The molecule has 0 atom stereocenters. The molecule has 1 heterocycles. The van der Waals surface area contributed by atoms with Gasteiger partial charge in [0.05, 0.1) is 17.7 Å². The standard InChI is InChI=1S/C12H12N2O5S/c1-20(18,19)7-6-14-11(15)9-5-3-2-4-8(9)10(13-14)12(16)17/h2-5H,6-7H2,1H3,(H,16,17). The van der Waals surface area contributed by atoms with Crippen LogP contribution < -0.4 is 5.56 Å². The monoisotopic (exact) mass is 296 g/mol. The summed E-state index contributed by atoms with van der Waals surface area (Å²) in [6.07, 6.45) is 1.04. The Morgan fingerprint density at radius 1 is 1.30 bits per heavy atom. The van der Waals surface area contributed by atoms with Gasteiger partial charge in [-0.15, -0.1) is 0 Å². The fourth-order valence-corrected chi connectivity index (χ4v) is 2.30. The topological polar surface area (TPSA) is 106 Å². The Morgan fingerprint density at radius 3 is 2.45 bits per heavy atom. The van der Waals surface area contributed by atoms with Crippen molar-refractivity contribution < 1.29 is 18.3 Å². The Kier molecular flexibility index (Phi) is 3.58. The second-order valence-electron chi connectivity index (χ2n) is 4.36. The van der Waals surface area contributed by atoms with Crippen LogP contribution in [0, 0.1) is 0 Å². The summed E-state index contributed by atoms with van der Waals surface area (Å²) in [4.78, 5) is 23.3. The molecule has 2 rings (SSSR count). The lowest BCUT2D eigenvalue weighted by atomic mass is 10.1. The van der Waals surface area contributed by atoms with E-state index < -0.39 is 21.4 Å². The van der Waals surface area contributed by atoms with Gasteiger partial charge < -0.3 is 5.11 Å². The summed E-state index contributed by atoms with van der Waals surface area (Å²) in [6, 6.07) is 6.20. The average Bonchev–Trinajstić information content (AvgIpc) is 2.37. The van der Waals surface area contributed by atoms with E-state index in [1.165, 1.54) is 12.1 Å². The van der Waals surface area contributed by atoms with Gasteiger partial charge in [-0.25, -0.2) is 17.9 Å². The van der Waals surface area contributed by atoms with Crippen molar-refractivity contribution >= 4 is 26.6 Å². The molecule has 0 radical (unpaired) electrons. The van der Waals surface area contributed by atoms with E-state index >= 15 is 0 Å². The predicted octanol–water partition coefficient (Wildman–Crippen LogP) is 0.139. The zero-order chi connectivity index (χ0) is 14.9. The molecule has 0 saturated heterocycles. The molecule has 2 aromatic rings. The van der Waals surface area contributed by atoms with Crippen LogP contribution in [0.5, 0.6) is 0 Å². The number of fused-ring (bicyclic) bond motifs is 1. The maximum Gasteiger partial charge on any atom is 0.357 e. The van der Waals surface area contributed by atoms with Crippen molar-refractivity contribution in [1.29, 1.82) is 0 Å². The number of carboxylic acid groups (broad SMARTS) is 1. The second-order valence-corrected chi connectivity index (χ2v) is 6.62. The first-order valence-electron chi connectivity index (χ1n) is 5.70. The zero-order valence-electron chi connectivity index (χ0n) is 10.6. The fraction of sp³-hybridized carbons (Fsp3) is 0.250. The third-order valence-electron chi connectivity index (χ3n) is 2.74. The summed E-state index contributed by atoms with van der Waals surface area (Å²) >= 11 is 0. The van der Waals surface area contributed by atoms with Crippen molar-refractivity contribution in [3.8, 4) is 0 Å². The molecule has 0 fully saturated rings. The number of hydrogen-bond donors (Lipinski definition) is 1. The highest BCUT2D eigenvalue weighted by Gasteiger charge is 2.16. The van der Waals surface area contributed by atoms with Gasteiger partial charge in [-0.2, -0.15) is 5.10 Å². The molecule has 0 amide bonds. The largest absolute Gasteiger partial charge is 0.476 e. The number of sulfone groups is 1. The lowest BCUT2D eigenvalue weighted by molar-refractivity contribution is 0.0690. The zero-order valence-corrected chi connectivity index (χ0v) is 11.4. The van der Waals surface area contributed by atoms with Crippen LogP contribution >= 0.6 is 0 Å². The lowest BCUT2D eigenvalue weighted by Crippen LogP contribution is -2.28. The minimum absolute atomic E-state index is 0.178. The van der Waals surface area contributed by atoms with E-state index in [2.05, 4.69) is 5.10 Å². The van der Waals surface area contributed by atoms with Gasteiger partial charge in [0, 0.05) is 11.6 Å². The van der Waals surface area contributed by atoms with Crippen LogP contribution in [0.3, 0.4) is 0 Å². The van der Waals surface area contributed by atoms with Gasteiger partial charge in [0.15, 0.2) is 5.69 Å². The maximum atomic E-state index is 12.1. The van der Waals surface area contributed by atoms with Gasteiger partial charge in [0.1, 0.15) is 9.84 Å². The van der Waals surface area contributed by atoms with Gasteiger partial charge in [0.2, 0.25) is 0 Å². The number of nitrogens with zero attached hydrogens (tertiary/aromatic N) is 2. The molecule has 1 N–H and O–H groups in total. The summed E-state index contributed by atoms with van der Waals surface area (Å²) in [7, 11) is -3.27. The van der Waals surface area contributed by atoms with E-state index in [0.717, 1.165) is 10.9 Å². The van der Waals surface area contributed by atoms with E-state index in [1.54, 1.807) is 12.1 Å². The molecular formula is C12H12N2O5S. The first-order chi connectivity index (χ1) is 9.29. The number of aryl methyl sites for hydroxylation is 1. The number of rotatable bonds is 4. The average molecular weight is 296 g/mol. The molecule has 0 aliphatic carbocycles. The van der Waals surface area contributed by atoms with E-state index in [4.69, 9.17) is 5.11 Å². The number of benzene rings is 1. The summed E-state index contributed by atoms with van der Waals surface area (Å²) in [5.41, 5.74) is -0.775. The lowest BCUT2D eigenvalue weighted by Gasteiger charge is -2.08. The molecule has 1 aromatic carbocycles. The molecule has 0 spiro atoms. The summed E-state index contributed by atoms with van der Waals surface area (Å²) in [6.45, 7) is -0.178. The number of carboxylic acids is 1. The Labute approximate surface area is 114 Å². The fourth-order valence-electron chi connectivity index (χ4n) is 1.80. The van der Waals surface area contributed by atoms with Crippen LogP contribution in [0.1, 0.15) is 10.5 Å². The maximum absolute atomic E-state index is 12.1. The van der Waals surface area contributed by atoms with Gasteiger partial charge in [-0.3, -0.25) is 4.79 Å². The third kappa shape index (κ3) is 2.85. The SMILES string of the molecule is CS(=O)(=O)CCn1nc(C(=O)O)c2ccccc2c1=O. The van der Waals surface area contributed by atoms with Gasteiger partial charge >= 0.3 is 5.97 Å². The minimum Gasteiger partial charge on any atom is -0.476 e. The molecule has 0 bridgehead atoms. The van der Waals surface area contributed by atoms with Crippen molar-refractivity contribution in [3.05, 3.63) is 40.3 Å². The molecule has 0 unspecified atom stereocenters. The molecule has 8 heteroatoms. The molecule has 106 valence electrons. The summed E-state index contributed by atoms with van der Waals surface area (Å²) in [5, 5.41) is 13.3. The van der Waals surface area contributed by atoms with E-state index in [-0.39, 0.29) is 28.8 Å². The van der Waals surface area contributed by atoms with Gasteiger partial charge in [-0.05, 0) is 6.07 Å². The van der Waals surface area contributed by atoms with E-state index in [9.17, 15) is 18.0 Å². The quantitative estimate of drug-likeness (QED) is 0.860. The first-order valence-corrected chi connectivity index (χ1v) is 7.76.